The van der Waals surface area contributed by atoms with Crippen molar-refractivity contribution < 1.29 is 4.79 Å². The molecule has 9 heteroatoms. The number of piperazine rings is 1. The maximum atomic E-state index is 13.4. The number of benzene rings is 2. The van der Waals surface area contributed by atoms with Gasteiger partial charge in [0.2, 0.25) is 0 Å². The number of nitrogens with zero attached hydrogens (tertiary/aromatic N) is 5. The molecule has 1 amide bonds. The molecule has 2 unspecified atom stereocenters. The van der Waals surface area contributed by atoms with E-state index in [9.17, 15) is 4.79 Å². The van der Waals surface area contributed by atoms with E-state index in [1.165, 1.54) is 0 Å². The topological polar surface area (TPSA) is 54.4 Å². The molecular weight excluding hydrogens is 543 g/mol. The molecule has 0 aliphatic carbocycles. The van der Waals surface area contributed by atoms with E-state index in [1.54, 1.807) is 0 Å². The lowest BCUT2D eigenvalue weighted by Gasteiger charge is -2.40. The number of rotatable bonds is 7. The van der Waals surface area contributed by atoms with E-state index in [2.05, 4.69) is 38.5 Å². The summed E-state index contributed by atoms with van der Waals surface area (Å²) in [5, 5.41) is 4.50. The fourth-order valence-electron chi connectivity index (χ4n) is 5.85. The number of aryl methyl sites for hydroxylation is 2. The molecule has 0 bridgehead atoms. The number of halogens is 2. The van der Waals surface area contributed by atoms with Crippen LogP contribution in [0, 0.1) is 13.8 Å². The van der Waals surface area contributed by atoms with Gasteiger partial charge in [-0.15, -0.1) is 0 Å². The van der Waals surface area contributed by atoms with Gasteiger partial charge in [-0.3, -0.25) is 9.69 Å². The minimum atomic E-state index is 0.0344. The number of hydrogen-bond donors (Lipinski definition) is 1. The van der Waals surface area contributed by atoms with Crippen molar-refractivity contribution in [3.05, 3.63) is 93.0 Å². The summed E-state index contributed by atoms with van der Waals surface area (Å²) in [6.45, 7) is 11.4. The molecule has 212 valence electrons. The third-order valence-corrected chi connectivity index (χ3v) is 8.62. The van der Waals surface area contributed by atoms with E-state index in [-0.39, 0.29) is 18.0 Å². The van der Waals surface area contributed by atoms with Crippen molar-refractivity contribution >= 4 is 34.9 Å². The number of amidine groups is 1. The number of nitrogens with one attached hydrogen (secondary N) is 1. The zero-order valence-corrected chi connectivity index (χ0v) is 25.2. The van der Waals surface area contributed by atoms with E-state index in [1.807, 2.05) is 69.3 Å². The van der Waals surface area contributed by atoms with E-state index < -0.39 is 0 Å². The SMILES string of the molecule is CC1=CN2C=CNC2C(N2CCN(CCC(CN(C)C(=O)c3cc(C)cc(C)c3)c3ccc(Cl)c(Cl)c3)CC2)=N1. The lowest BCUT2D eigenvalue weighted by Crippen LogP contribution is -2.56. The summed E-state index contributed by atoms with van der Waals surface area (Å²) in [4.78, 5) is 27.2. The van der Waals surface area contributed by atoms with Crippen molar-refractivity contribution in [2.75, 3.05) is 46.3 Å². The maximum Gasteiger partial charge on any atom is 0.253 e. The second-order valence-corrected chi connectivity index (χ2v) is 11.9. The van der Waals surface area contributed by atoms with Crippen molar-refractivity contribution in [1.82, 2.24) is 24.9 Å². The molecule has 5 rings (SSSR count). The lowest BCUT2D eigenvalue weighted by molar-refractivity contribution is 0.0781. The lowest BCUT2D eigenvalue weighted by atomic mass is 9.94. The van der Waals surface area contributed by atoms with E-state index in [0.717, 1.165) is 72.9 Å². The molecule has 2 atom stereocenters. The highest BCUT2D eigenvalue weighted by Crippen LogP contribution is 2.30. The van der Waals surface area contributed by atoms with Gasteiger partial charge in [-0.05, 0) is 63.6 Å². The van der Waals surface area contributed by atoms with Crippen LogP contribution in [0.4, 0.5) is 0 Å². The van der Waals surface area contributed by atoms with Crippen LogP contribution in [-0.2, 0) is 0 Å². The van der Waals surface area contributed by atoms with Crippen LogP contribution in [0.5, 0.6) is 0 Å². The number of carbonyl (C=O) groups is 1. The summed E-state index contributed by atoms with van der Waals surface area (Å²) >= 11 is 12.7. The number of fused-ring (bicyclic) bond motifs is 1. The largest absolute Gasteiger partial charge is 0.363 e. The second kappa shape index (κ2) is 12.2. The fraction of sp³-hybridized carbons (Fsp3) is 0.419. The Bertz CT molecular complexity index is 1330. The Kier molecular flexibility index (Phi) is 8.74. The maximum absolute atomic E-state index is 13.4. The Morgan fingerprint density at radius 2 is 1.77 bits per heavy atom. The van der Waals surface area contributed by atoms with Crippen molar-refractivity contribution in [2.45, 2.75) is 39.3 Å². The van der Waals surface area contributed by atoms with Gasteiger partial charge in [0.1, 0.15) is 5.84 Å². The Morgan fingerprint density at radius 3 is 2.48 bits per heavy atom. The summed E-state index contributed by atoms with van der Waals surface area (Å²) in [5.41, 5.74) is 5.04. The van der Waals surface area contributed by atoms with Crippen LogP contribution in [0.15, 0.2) is 65.7 Å². The highest BCUT2D eigenvalue weighted by atomic mass is 35.5. The van der Waals surface area contributed by atoms with Crippen molar-refractivity contribution in [3.8, 4) is 0 Å². The molecule has 1 saturated heterocycles. The van der Waals surface area contributed by atoms with Gasteiger partial charge in [0.05, 0.1) is 15.7 Å². The van der Waals surface area contributed by atoms with Gasteiger partial charge < -0.3 is 20.0 Å². The minimum absolute atomic E-state index is 0.0344. The standard InChI is InChI=1S/C31H38Cl2N6O/c1-21-15-22(2)17-26(16-21)31(40)36(4)20-25(24-5-6-27(32)28(33)18-24)7-9-37-11-13-38(14-12-37)30-29-34-8-10-39(29)19-23(3)35-30/h5-6,8,10,15-19,25,29,34H,7,9,11-14,20H2,1-4H3. The van der Waals surface area contributed by atoms with Crippen molar-refractivity contribution in [1.29, 1.82) is 0 Å². The third-order valence-electron chi connectivity index (χ3n) is 7.89. The average Bonchev–Trinajstić information content (AvgIpc) is 3.40. The van der Waals surface area contributed by atoms with Gasteiger partial charge in [0.25, 0.3) is 5.91 Å². The van der Waals surface area contributed by atoms with Crippen LogP contribution >= 0.6 is 23.2 Å². The third kappa shape index (κ3) is 6.48. The molecule has 0 radical (unpaired) electrons. The molecule has 2 aromatic carbocycles. The van der Waals surface area contributed by atoms with Crippen LogP contribution in [-0.4, -0.2) is 83.8 Å². The first-order valence-electron chi connectivity index (χ1n) is 13.9. The quantitative estimate of drug-likeness (QED) is 0.472. The Labute approximate surface area is 247 Å². The van der Waals surface area contributed by atoms with Crippen LogP contribution < -0.4 is 5.32 Å². The first-order chi connectivity index (χ1) is 19.2. The van der Waals surface area contributed by atoms with E-state index in [0.29, 0.717) is 16.6 Å². The molecule has 0 aromatic heterocycles. The average molecular weight is 582 g/mol. The molecule has 0 saturated carbocycles. The summed E-state index contributed by atoms with van der Waals surface area (Å²) < 4.78 is 0. The Morgan fingerprint density at radius 1 is 1.05 bits per heavy atom. The molecule has 7 nitrogen and oxygen atoms in total. The molecule has 2 aromatic rings. The van der Waals surface area contributed by atoms with Gasteiger partial charge in [0.15, 0.2) is 6.17 Å². The second-order valence-electron chi connectivity index (χ2n) is 11.1. The zero-order chi connectivity index (χ0) is 28.4. The minimum Gasteiger partial charge on any atom is -0.363 e. The van der Waals surface area contributed by atoms with Crippen molar-refractivity contribution in [2.24, 2.45) is 4.99 Å². The monoisotopic (exact) mass is 580 g/mol. The van der Waals surface area contributed by atoms with Gasteiger partial charge in [-0.25, -0.2) is 4.99 Å². The Hall–Kier alpha value is -3.00. The molecule has 3 aliphatic rings. The van der Waals surface area contributed by atoms with Gasteiger partial charge >= 0.3 is 0 Å². The molecule has 1 N–H and O–H groups in total. The summed E-state index contributed by atoms with van der Waals surface area (Å²) in [6, 6.07) is 11.9. The molecule has 0 spiro atoms. The van der Waals surface area contributed by atoms with Crippen LogP contribution in [0.25, 0.3) is 0 Å². The predicted molar refractivity (Wildman–Crippen MR) is 164 cm³/mol. The highest BCUT2D eigenvalue weighted by Gasteiger charge is 2.32. The molecule has 3 aliphatic heterocycles. The molecule has 40 heavy (non-hydrogen) atoms. The normalized spacial score (nSPS) is 19.6. The first kappa shape index (κ1) is 28.5. The number of carbonyl (C=O) groups excluding carboxylic acids is 1. The first-order valence-corrected chi connectivity index (χ1v) is 14.7. The smallest absolute Gasteiger partial charge is 0.253 e. The Balaban J connectivity index is 1.23. The van der Waals surface area contributed by atoms with Gasteiger partial charge in [-0.1, -0.05) is 46.5 Å². The zero-order valence-electron chi connectivity index (χ0n) is 23.7. The van der Waals surface area contributed by atoms with Crippen LogP contribution in [0.2, 0.25) is 10.0 Å². The number of aliphatic imine (C=N–C) groups is 1. The molecule has 1 fully saturated rings. The van der Waals surface area contributed by atoms with E-state index in [4.69, 9.17) is 28.2 Å². The summed E-state index contributed by atoms with van der Waals surface area (Å²) in [6.07, 6.45) is 7.11. The van der Waals surface area contributed by atoms with Crippen molar-refractivity contribution in [3.63, 3.8) is 0 Å². The number of allylic oxidation sites excluding steroid dienone is 1. The van der Waals surface area contributed by atoms with Gasteiger partial charge in [-0.2, -0.15) is 0 Å². The molecular formula is C31H38Cl2N6O. The van der Waals surface area contributed by atoms with Crippen LogP contribution in [0.1, 0.15) is 46.3 Å². The predicted octanol–water partition coefficient (Wildman–Crippen LogP) is 5.45. The fourth-order valence-corrected chi connectivity index (χ4v) is 6.16. The van der Waals surface area contributed by atoms with Gasteiger partial charge in [0, 0.05) is 69.9 Å². The highest BCUT2D eigenvalue weighted by molar-refractivity contribution is 6.42. The molecule has 3 heterocycles. The summed E-state index contributed by atoms with van der Waals surface area (Å²) in [7, 11) is 1.89. The van der Waals surface area contributed by atoms with E-state index >= 15 is 0 Å². The summed E-state index contributed by atoms with van der Waals surface area (Å²) in [5.74, 6) is 1.25. The number of likely N-dealkylation sites (N-methyl/N-ethyl adjacent to an activating group) is 1. The van der Waals surface area contributed by atoms with Crippen LogP contribution in [0.3, 0.4) is 0 Å². The number of hydrogen-bond acceptors (Lipinski definition) is 6. The number of amides is 1.